The van der Waals surface area contributed by atoms with Gasteiger partial charge in [-0.3, -0.25) is 9.59 Å². The standard InChI is InChI=1S/C17H24F3NO3/c1-2-3-21(9-13(22)23)14(24)15-5-11-4-12(6-15)8-16(7-11,10-15)17(18,19)20/h11-12H,2-10H2,1H3,(H,22,23). The first kappa shape index (κ1) is 17.5. The van der Waals surface area contributed by atoms with E-state index in [0.717, 1.165) is 6.42 Å². The third-order valence-electron chi connectivity index (χ3n) is 6.22. The zero-order chi connectivity index (χ0) is 17.8. The Labute approximate surface area is 139 Å². The van der Waals surface area contributed by atoms with Crippen LogP contribution in [-0.4, -0.2) is 41.1 Å². The van der Waals surface area contributed by atoms with Crippen LogP contribution in [0.3, 0.4) is 0 Å². The summed E-state index contributed by atoms with van der Waals surface area (Å²) in [5.41, 5.74) is -2.75. The minimum absolute atomic E-state index is 0.0647. The van der Waals surface area contributed by atoms with Crippen LogP contribution in [0.25, 0.3) is 0 Å². The number of carboxylic acids is 1. The third kappa shape index (κ3) is 2.69. The van der Waals surface area contributed by atoms with E-state index in [9.17, 15) is 22.8 Å². The van der Waals surface area contributed by atoms with E-state index in [1.165, 1.54) is 4.90 Å². The highest BCUT2D eigenvalue weighted by Crippen LogP contribution is 2.69. The van der Waals surface area contributed by atoms with E-state index in [1.807, 2.05) is 6.92 Å². The molecule has 0 aromatic heterocycles. The molecule has 4 fully saturated rings. The van der Waals surface area contributed by atoms with Crippen LogP contribution in [0.5, 0.6) is 0 Å². The van der Waals surface area contributed by atoms with Crippen LogP contribution < -0.4 is 0 Å². The van der Waals surface area contributed by atoms with Crippen molar-refractivity contribution in [2.75, 3.05) is 13.1 Å². The van der Waals surface area contributed by atoms with Crippen LogP contribution >= 0.6 is 0 Å². The lowest BCUT2D eigenvalue weighted by Crippen LogP contribution is -2.62. The smallest absolute Gasteiger partial charge is 0.394 e. The Hall–Kier alpha value is -1.27. The first-order valence-electron chi connectivity index (χ1n) is 8.69. The Morgan fingerprint density at radius 1 is 1.17 bits per heavy atom. The van der Waals surface area contributed by atoms with Gasteiger partial charge in [0, 0.05) is 6.54 Å². The second-order valence-corrected chi connectivity index (χ2v) is 8.14. The van der Waals surface area contributed by atoms with Gasteiger partial charge in [-0.2, -0.15) is 13.2 Å². The fraction of sp³-hybridized carbons (Fsp3) is 0.882. The average Bonchev–Trinajstić information content (AvgIpc) is 2.43. The van der Waals surface area contributed by atoms with Crippen molar-refractivity contribution in [1.82, 2.24) is 4.90 Å². The van der Waals surface area contributed by atoms with Gasteiger partial charge in [-0.05, 0) is 56.8 Å². The first-order chi connectivity index (χ1) is 11.1. The molecule has 4 saturated carbocycles. The van der Waals surface area contributed by atoms with Gasteiger partial charge in [-0.25, -0.2) is 0 Å². The monoisotopic (exact) mass is 347 g/mol. The lowest BCUT2D eigenvalue weighted by atomic mass is 9.43. The molecular formula is C17H24F3NO3. The van der Waals surface area contributed by atoms with Crippen molar-refractivity contribution < 1.29 is 27.9 Å². The second kappa shape index (κ2) is 5.63. The molecule has 1 N–H and O–H groups in total. The molecule has 4 bridgehead atoms. The number of carbonyl (C=O) groups excluding carboxylic acids is 1. The SMILES string of the molecule is CCCN(CC(=O)O)C(=O)C12CC3CC(C1)CC(C(F)(F)F)(C3)C2. The maximum atomic E-state index is 13.8. The number of rotatable bonds is 5. The molecule has 1 amide bonds. The fourth-order valence-electron chi connectivity index (χ4n) is 5.87. The molecule has 4 nitrogen and oxygen atoms in total. The largest absolute Gasteiger partial charge is 0.480 e. The predicted octanol–water partition coefficient (Wildman–Crippen LogP) is 3.46. The number of nitrogens with zero attached hydrogens (tertiary/aromatic N) is 1. The lowest BCUT2D eigenvalue weighted by molar-refractivity contribution is -0.284. The number of hydrogen-bond donors (Lipinski definition) is 1. The molecule has 0 heterocycles. The van der Waals surface area contributed by atoms with Crippen LogP contribution in [0.4, 0.5) is 13.2 Å². The van der Waals surface area contributed by atoms with Crippen LogP contribution in [0, 0.1) is 22.7 Å². The summed E-state index contributed by atoms with van der Waals surface area (Å²) in [7, 11) is 0. The van der Waals surface area contributed by atoms with E-state index >= 15 is 0 Å². The molecule has 0 radical (unpaired) electrons. The number of halogens is 3. The predicted molar refractivity (Wildman–Crippen MR) is 80.1 cm³/mol. The minimum Gasteiger partial charge on any atom is -0.480 e. The summed E-state index contributed by atoms with van der Waals surface area (Å²) in [5.74, 6) is -1.61. The van der Waals surface area contributed by atoms with Crippen molar-refractivity contribution in [3.63, 3.8) is 0 Å². The summed E-state index contributed by atoms with van der Waals surface area (Å²) in [6.07, 6.45) is -1.84. The van der Waals surface area contributed by atoms with Crippen LogP contribution in [0.2, 0.25) is 0 Å². The molecule has 4 aliphatic carbocycles. The van der Waals surface area contributed by atoms with Crippen molar-refractivity contribution in [2.24, 2.45) is 22.7 Å². The van der Waals surface area contributed by atoms with Gasteiger partial charge in [0.05, 0.1) is 10.8 Å². The number of carboxylic acid groups (broad SMARTS) is 1. The van der Waals surface area contributed by atoms with Gasteiger partial charge in [0.15, 0.2) is 0 Å². The summed E-state index contributed by atoms with van der Waals surface area (Å²) in [6.45, 7) is 1.68. The molecule has 0 aliphatic heterocycles. The molecule has 0 aromatic rings. The first-order valence-corrected chi connectivity index (χ1v) is 8.69. The maximum Gasteiger partial charge on any atom is 0.394 e. The maximum absolute atomic E-state index is 13.8. The number of carbonyl (C=O) groups is 2. The molecule has 4 rings (SSSR count). The van der Waals surface area contributed by atoms with E-state index in [4.69, 9.17) is 5.11 Å². The van der Waals surface area contributed by atoms with E-state index in [1.54, 1.807) is 0 Å². The van der Waals surface area contributed by atoms with Gasteiger partial charge in [-0.15, -0.1) is 0 Å². The van der Waals surface area contributed by atoms with Gasteiger partial charge in [-0.1, -0.05) is 6.92 Å². The van der Waals surface area contributed by atoms with Crippen molar-refractivity contribution in [3.05, 3.63) is 0 Å². The zero-order valence-electron chi connectivity index (χ0n) is 13.9. The van der Waals surface area contributed by atoms with Crippen molar-refractivity contribution >= 4 is 11.9 Å². The highest BCUT2D eigenvalue weighted by atomic mass is 19.4. The molecule has 0 aromatic carbocycles. The highest BCUT2D eigenvalue weighted by molar-refractivity contribution is 5.86. The Bertz CT molecular complexity index is 532. The van der Waals surface area contributed by atoms with Gasteiger partial charge < -0.3 is 10.0 Å². The van der Waals surface area contributed by atoms with Crippen molar-refractivity contribution in [1.29, 1.82) is 0 Å². The van der Waals surface area contributed by atoms with E-state index in [0.29, 0.717) is 19.3 Å². The summed E-state index contributed by atoms with van der Waals surface area (Å²) in [6, 6.07) is 0. The molecule has 0 spiro atoms. The molecule has 2 atom stereocenters. The van der Waals surface area contributed by atoms with Crippen LogP contribution in [-0.2, 0) is 9.59 Å². The third-order valence-corrected chi connectivity index (χ3v) is 6.22. The summed E-state index contributed by atoms with van der Waals surface area (Å²) in [4.78, 5) is 25.4. The average molecular weight is 347 g/mol. The molecule has 4 aliphatic rings. The number of hydrogen-bond acceptors (Lipinski definition) is 2. The van der Waals surface area contributed by atoms with E-state index < -0.39 is 29.5 Å². The van der Waals surface area contributed by atoms with E-state index in [-0.39, 0.29) is 43.6 Å². The summed E-state index contributed by atoms with van der Waals surface area (Å²) >= 11 is 0. The van der Waals surface area contributed by atoms with Crippen molar-refractivity contribution in [3.8, 4) is 0 Å². The Balaban J connectivity index is 1.91. The number of aliphatic carboxylic acids is 1. The number of amides is 1. The molecule has 7 heteroatoms. The normalized spacial score (nSPS) is 37.5. The topological polar surface area (TPSA) is 57.6 Å². The van der Waals surface area contributed by atoms with Crippen molar-refractivity contribution in [2.45, 2.75) is 58.0 Å². The van der Waals surface area contributed by atoms with Crippen LogP contribution in [0.1, 0.15) is 51.9 Å². The van der Waals surface area contributed by atoms with Gasteiger partial charge in [0.1, 0.15) is 6.54 Å². The van der Waals surface area contributed by atoms with Gasteiger partial charge >= 0.3 is 12.1 Å². The molecule has 136 valence electrons. The summed E-state index contributed by atoms with van der Waals surface area (Å²) in [5, 5.41) is 9.05. The quantitative estimate of drug-likeness (QED) is 0.829. The number of alkyl halides is 3. The molecule has 2 unspecified atom stereocenters. The minimum atomic E-state index is -4.29. The zero-order valence-corrected chi connectivity index (χ0v) is 13.9. The Morgan fingerprint density at radius 3 is 2.21 bits per heavy atom. The second-order valence-electron chi connectivity index (χ2n) is 8.14. The Morgan fingerprint density at radius 2 is 1.75 bits per heavy atom. The Kier molecular flexibility index (Phi) is 4.12. The molecule has 0 saturated heterocycles. The molecule has 24 heavy (non-hydrogen) atoms. The fourth-order valence-corrected chi connectivity index (χ4v) is 5.87. The highest BCUT2D eigenvalue weighted by Gasteiger charge is 2.69. The molecular weight excluding hydrogens is 323 g/mol. The van der Waals surface area contributed by atoms with Gasteiger partial charge in [0.25, 0.3) is 0 Å². The van der Waals surface area contributed by atoms with Gasteiger partial charge in [0.2, 0.25) is 5.91 Å². The van der Waals surface area contributed by atoms with Crippen LogP contribution in [0.15, 0.2) is 0 Å². The summed E-state index contributed by atoms with van der Waals surface area (Å²) < 4.78 is 41.3. The lowest BCUT2D eigenvalue weighted by Gasteiger charge is -2.61. The van der Waals surface area contributed by atoms with E-state index in [2.05, 4.69) is 0 Å².